The molecule has 0 saturated carbocycles. The number of nitrogens with zero attached hydrogens (tertiary/aromatic N) is 1. The van der Waals surface area contributed by atoms with Gasteiger partial charge in [-0.05, 0) is 62.7 Å². The van der Waals surface area contributed by atoms with Crippen molar-refractivity contribution in [3.05, 3.63) is 47.5 Å². The molecule has 2 atom stereocenters. The summed E-state index contributed by atoms with van der Waals surface area (Å²) in [6, 6.07) is 9.18. The molecule has 0 spiro atoms. The molecule has 1 amide bonds. The molecule has 1 aliphatic heterocycles. The van der Waals surface area contributed by atoms with E-state index in [1.54, 1.807) is 4.31 Å². The number of carbonyl (C=O) groups excluding carboxylic acids is 2. The molecular weight excluding hydrogens is 470 g/mol. The zero-order valence-corrected chi connectivity index (χ0v) is 21.1. The maximum Gasteiger partial charge on any atom is 0.237 e. The van der Waals surface area contributed by atoms with Crippen LogP contribution in [0.2, 0.25) is 0 Å². The number of aldehydes is 1. The Hall–Kier alpha value is -2.99. The second-order valence-corrected chi connectivity index (χ2v) is 10.2. The van der Waals surface area contributed by atoms with Gasteiger partial charge < -0.3 is 37.1 Å². The summed E-state index contributed by atoms with van der Waals surface area (Å²) in [5, 5.41) is 25.7. The van der Waals surface area contributed by atoms with Crippen LogP contribution in [0.1, 0.15) is 37.8 Å². The van der Waals surface area contributed by atoms with Gasteiger partial charge in [-0.15, -0.1) is 0 Å². The number of hydrogen-bond acceptors (Lipinski definition) is 8. The number of anilines is 1. The second-order valence-electron chi connectivity index (χ2n) is 8.74. The van der Waals surface area contributed by atoms with Crippen LogP contribution in [0.3, 0.4) is 0 Å². The second kappa shape index (κ2) is 12.6. The minimum atomic E-state index is -1.57. The van der Waals surface area contributed by atoms with Crippen molar-refractivity contribution in [3.63, 3.8) is 0 Å². The fourth-order valence-corrected chi connectivity index (χ4v) is 4.86. The molecule has 11 heteroatoms. The molecule has 0 fully saturated rings. The summed E-state index contributed by atoms with van der Waals surface area (Å²) < 4.78 is 14.7. The monoisotopic (exact) mass is 505 g/mol. The smallest absolute Gasteiger partial charge is 0.237 e. The van der Waals surface area contributed by atoms with E-state index < -0.39 is 17.0 Å². The van der Waals surface area contributed by atoms with Gasteiger partial charge in [0.05, 0.1) is 10.9 Å². The summed E-state index contributed by atoms with van der Waals surface area (Å²) in [7, 11) is -0.0654. The van der Waals surface area contributed by atoms with E-state index in [-0.39, 0.29) is 34.3 Å². The lowest BCUT2D eigenvalue weighted by Gasteiger charge is -2.28. The number of amides is 1. The number of phenols is 2. The fourth-order valence-electron chi connectivity index (χ4n) is 3.64. The standard InChI is InChI=1S/C23H30N4O5S.CH5N/c1-23(2,8-9-25-22(31)19(24)7-10-28)26-17-4-3-15-13-27(14-16(15)11-17)33(32)21-6-5-18(29)12-20(21)30;1-2/h3-6,10-12,19,26,29-30H,7-9,13-14,24H2,1-2H3,(H,25,31);2H2,1H3. The van der Waals surface area contributed by atoms with Gasteiger partial charge in [-0.25, -0.2) is 8.51 Å². The van der Waals surface area contributed by atoms with Crippen molar-refractivity contribution < 1.29 is 24.0 Å². The highest BCUT2D eigenvalue weighted by atomic mass is 32.2. The summed E-state index contributed by atoms with van der Waals surface area (Å²) in [5.41, 5.74) is 12.8. The van der Waals surface area contributed by atoms with Crippen molar-refractivity contribution in [1.29, 1.82) is 0 Å². The highest BCUT2D eigenvalue weighted by molar-refractivity contribution is 7.82. The average molecular weight is 506 g/mol. The van der Waals surface area contributed by atoms with Crippen LogP contribution in [-0.2, 0) is 33.7 Å². The molecule has 1 heterocycles. The highest BCUT2D eigenvalue weighted by Gasteiger charge is 2.27. The quantitative estimate of drug-likeness (QED) is 0.263. The lowest BCUT2D eigenvalue weighted by molar-refractivity contribution is -0.124. The molecule has 0 radical (unpaired) electrons. The summed E-state index contributed by atoms with van der Waals surface area (Å²) in [5.74, 6) is -0.629. The van der Waals surface area contributed by atoms with E-state index in [4.69, 9.17) is 5.73 Å². The Morgan fingerprint density at radius 2 is 1.86 bits per heavy atom. The lowest BCUT2D eigenvalue weighted by Crippen LogP contribution is -2.43. The topological polar surface area (TPSA) is 171 Å². The van der Waals surface area contributed by atoms with Crippen molar-refractivity contribution in [1.82, 2.24) is 9.62 Å². The highest BCUT2D eigenvalue weighted by Crippen LogP contribution is 2.33. The summed E-state index contributed by atoms with van der Waals surface area (Å²) >= 11 is 0. The number of benzene rings is 2. The zero-order chi connectivity index (χ0) is 26.2. The molecule has 2 unspecified atom stereocenters. The fraction of sp³-hybridized carbons (Fsp3) is 0.417. The largest absolute Gasteiger partial charge is 0.508 e. The first-order valence-corrected chi connectivity index (χ1v) is 12.3. The zero-order valence-electron chi connectivity index (χ0n) is 20.3. The van der Waals surface area contributed by atoms with Gasteiger partial charge in [0.1, 0.15) is 28.8 Å². The number of rotatable bonds is 10. The van der Waals surface area contributed by atoms with Crippen LogP contribution in [0.4, 0.5) is 5.69 Å². The maximum absolute atomic E-state index is 12.9. The molecule has 0 saturated heterocycles. The average Bonchev–Trinajstić information content (AvgIpc) is 3.23. The third kappa shape index (κ3) is 7.76. The molecule has 1 aliphatic rings. The molecule has 35 heavy (non-hydrogen) atoms. The predicted molar refractivity (Wildman–Crippen MR) is 136 cm³/mol. The number of nitrogens with two attached hydrogens (primary N) is 2. The molecule has 8 N–H and O–H groups in total. The molecular formula is C24H35N5O5S. The first kappa shape index (κ1) is 28.2. The van der Waals surface area contributed by atoms with E-state index in [2.05, 4.69) is 16.4 Å². The molecule has 192 valence electrons. The van der Waals surface area contributed by atoms with E-state index in [0.29, 0.717) is 32.3 Å². The van der Waals surface area contributed by atoms with E-state index in [1.165, 1.54) is 25.2 Å². The van der Waals surface area contributed by atoms with Gasteiger partial charge in [-0.3, -0.25) is 4.79 Å². The number of aromatic hydroxyl groups is 2. The Kier molecular flexibility index (Phi) is 10.2. The Morgan fingerprint density at radius 1 is 1.17 bits per heavy atom. The molecule has 2 aromatic carbocycles. The molecule has 2 aromatic rings. The summed E-state index contributed by atoms with van der Waals surface area (Å²) in [6.45, 7) is 5.40. The summed E-state index contributed by atoms with van der Waals surface area (Å²) in [4.78, 5) is 22.6. The molecule has 0 bridgehead atoms. The van der Waals surface area contributed by atoms with Gasteiger partial charge in [0, 0.05) is 43.3 Å². The van der Waals surface area contributed by atoms with Gasteiger partial charge in [0.2, 0.25) is 5.91 Å². The van der Waals surface area contributed by atoms with Crippen molar-refractivity contribution in [2.24, 2.45) is 11.5 Å². The minimum absolute atomic E-state index is 0.00320. The Morgan fingerprint density at radius 3 is 2.51 bits per heavy atom. The summed E-state index contributed by atoms with van der Waals surface area (Å²) in [6.07, 6.45) is 1.27. The van der Waals surface area contributed by atoms with Gasteiger partial charge in [-0.2, -0.15) is 0 Å². The van der Waals surface area contributed by atoms with Gasteiger partial charge in [-0.1, -0.05) is 6.07 Å². The van der Waals surface area contributed by atoms with Gasteiger partial charge >= 0.3 is 0 Å². The van der Waals surface area contributed by atoms with E-state index in [9.17, 15) is 24.0 Å². The van der Waals surface area contributed by atoms with Crippen LogP contribution in [-0.4, -0.2) is 56.1 Å². The van der Waals surface area contributed by atoms with Crippen LogP contribution < -0.4 is 22.1 Å². The van der Waals surface area contributed by atoms with Crippen molar-refractivity contribution in [2.75, 3.05) is 18.9 Å². The van der Waals surface area contributed by atoms with Crippen LogP contribution in [0.25, 0.3) is 0 Å². The van der Waals surface area contributed by atoms with Crippen molar-refractivity contribution >= 4 is 28.9 Å². The minimum Gasteiger partial charge on any atom is -0.508 e. The third-order valence-corrected chi connectivity index (χ3v) is 6.93. The van der Waals surface area contributed by atoms with Crippen molar-refractivity contribution in [2.45, 2.75) is 56.3 Å². The Balaban J connectivity index is 0.00000210. The van der Waals surface area contributed by atoms with E-state index in [0.717, 1.165) is 16.8 Å². The molecule has 3 rings (SSSR count). The number of hydrogen-bond donors (Lipinski definition) is 6. The Labute approximate surface area is 208 Å². The SMILES string of the molecule is CC(C)(CCNC(=O)C(N)CC=O)Nc1ccc2c(c1)CN(S(=O)c1ccc(O)cc1O)C2.CN. The molecule has 0 aliphatic carbocycles. The van der Waals surface area contributed by atoms with Crippen LogP contribution in [0, 0.1) is 0 Å². The number of carbonyl (C=O) groups is 2. The number of nitrogens with one attached hydrogen (secondary N) is 2. The van der Waals surface area contributed by atoms with Crippen molar-refractivity contribution in [3.8, 4) is 11.5 Å². The van der Waals surface area contributed by atoms with Crippen LogP contribution in [0.5, 0.6) is 11.5 Å². The van der Waals surface area contributed by atoms with Crippen LogP contribution >= 0.6 is 0 Å². The first-order chi connectivity index (χ1) is 16.6. The maximum atomic E-state index is 12.9. The van der Waals surface area contributed by atoms with E-state index in [1.807, 2.05) is 32.0 Å². The Bertz CT molecular complexity index is 1060. The lowest BCUT2D eigenvalue weighted by atomic mass is 9.99. The molecule has 0 aromatic heterocycles. The van der Waals surface area contributed by atoms with Gasteiger partial charge in [0.15, 0.2) is 0 Å². The van der Waals surface area contributed by atoms with Crippen LogP contribution in [0.15, 0.2) is 41.3 Å². The normalized spacial score (nSPS) is 14.8. The third-order valence-electron chi connectivity index (χ3n) is 5.48. The first-order valence-electron chi connectivity index (χ1n) is 11.2. The molecule has 10 nitrogen and oxygen atoms in total. The number of fused-ring (bicyclic) bond motifs is 1. The van der Waals surface area contributed by atoms with Gasteiger partial charge in [0.25, 0.3) is 0 Å². The predicted octanol–water partition coefficient (Wildman–Crippen LogP) is 1.32. The van der Waals surface area contributed by atoms with E-state index >= 15 is 0 Å². The number of phenolic OH excluding ortho intramolecular Hbond substituents is 2.